The Morgan fingerprint density at radius 1 is 0.875 bits per heavy atom. The molecule has 0 radical (unpaired) electrons. The minimum Gasteiger partial charge on any atom is -0.467 e. The summed E-state index contributed by atoms with van der Waals surface area (Å²) in [4.78, 5) is 0. The zero-order chi connectivity index (χ0) is 16.2. The van der Waals surface area contributed by atoms with Crippen molar-refractivity contribution in [3.8, 4) is 11.7 Å². The van der Waals surface area contributed by atoms with Crippen molar-refractivity contribution in [1.29, 1.82) is 0 Å². The Bertz CT molecular complexity index is 868. The van der Waals surface area contributed by atoms with E-state index < -0.39 is 0 Å². The number of rotatable bonds is 6. The van der Waals surface area contributed by atoms with Gasteiger partial charge in [0, 0.05) is 0 Å². The van der Waals surface area contributed by atoms with Gasteiger partial charge >= 0.3 is 0 Å². The summed E-state index contributed by atoms with van der Waals surface area (Å²) in [7, 11) is 0. The van der Waals surface area contributed by atoms with E-state index in [9.17, 15) is 0 Å². The maximum absolute atomic E-state index is 5.62. The molecule has 1 N–H and O–H groups in total. The van der Waals surface area contributed by atoms with E-state index in [1.165, 1.54) is 0 Å². The summed E-state index contributed by atoms with van der Waals surface area (Å²) in [6.45, 7) is 0.411. The van der Waals surface area contributed by atoms with E-state index >= 15 is 0 Å². The fourth-order valence-corrected chi connectivity index (χ4v) is 2.50. The molecule has 0 amide bonds. The van der Waals surface area contributed by atoms with Gasteiger partial charge in [-0.2, -0.15) is 0 Å². The normalized spacial score (nSPS) is 12.3. The summed E-state index contributed by atoms with van der Waals surface area (Å²) in [5, 5.41) is 11.4. The molecule has 0 aliphatic carbocycles. The first-order chi connectivity index (χ1) is 11.9. The molecule has 0 saturated carbocycles. The van der Waals surface area contributed by atoms with Crippen LogP contribution in [0.4, 0.5) is 0 Å². The van der Waals surface area contributed by atoms with Gasteiger partial charge in [-0.1, -0.05) is 30.3 Å². The molecule has 24 heavy (non-hydrogen) atoms. The number of hydrogen-bond donors (Lipinski definition) is 1. The Kier molecular flexibility index (Phi) is 3.95. The fourth-order valence-electron chi connectivity index (χ4n) is 2.50. The second kappa shape index (κ2) is 6.55. The summed E-state index contributed by atoms with van der Waals surface area (Å²) < 4.78 is 16.4. The second-order valence-electron chi connectivity index (χ2n) is 5.22. The molecule has 4 aromatic rings. The third-order valence-electron chi connectivity index (χ3n) is 3.62. The van der Waals surface area contributed by atoms with Crippen LogP contribution < -0.4 is 5.32 Å². The third-order valence-corrected chi connectivity index (χ3v) is 3.62. The van der Waals surface area contributed by atoms with Crippen molar-refractivity contribution in [1.82, 2.24) is 15.5 Å². The minimum atomic E-state index is -0.0971. The molecular weight excluding hydrogens is 306 g/mol. The van der Waals surface area contributed by atoms with Crippen LogP contribution in [0.1, 0.15) is 23.3 Å². The van der Waals surface area contributed by atoms with Crippen LogP contribution in [-0.2, 0) is 6.54 Å². The molecule has 0 spiro atoms. The van der Waals surface area contributed by atoms with Crippen LogP contribution in [0, 0.1) is 0 Å². The summed E-state index contributed by atoms with van der Waals surface area (Å²) in [6.07, 6.45) is 3.23. The molecule has 120 valence electrons. The van der Waals surface area contributed by atoms with Gasteiger partial charge in [0.25, 0.3) is 5.89 Å². The van der Waals surface area contributed by atoms with E-state index in [1.807, 2.05) is 42.5 Å². The highest BCUT2D eigenvalue weighted by atomic mass is 16.4. The second-order valence-corrected chi connectivity index (χ2v) is 5.22. The van der Waals surface area contributed by atoms with Gasteiger partial charge in [-0.3, -0.25) is 5.32 Å². The molecule has 0 unspecified atom stereocenters. The Morgan fingerprint density at radius 3 is 2.46 bits per heavy atom. The zero-order valence-electron chi connectivity index (χ0n) is 12.8. The SMILES string of the molecule is c1ccc([C@@H](NCc2nnc(-c3ccco3)o2)c2ccco2)cc1. The molecule has 3 aromatic heterocycles. The summed E-state index contributed by atoms with van der Waals surface area (Å²) >= 11 is 0. The topological polar surface area (TPSA) is 77.2 Å². The maximum Gasteiger partial charge on any atom is 0.283 e. The van der Waals surface area contributed by atoms with E-state index in [0.717, 1.165) is 11.3 Å². The van der Waals surface area contributed by atoms with E-state index in [0.29, 0.717) is 24.1 Å². The van der Waals surface area contributed by atoms with Crippen LogP contribution in [0.25, 0.3) is 11.7 Å². The summed E-state index contributed by atoms with van der Waals surface area (Å²) in [5.41, 5.74) is 1.10. The quantitative estimate of drug-likeness (QED) is 0.582. The average Bonchev–Trinajstić information content (AvgIpc) is 3.38. The molecule has 0 aliphatic heterocycles. The molecule has 0 aliphatic rings. The number of nitrogens with zero attached hydrogens (tertiary/aromatic N) is 2. The number of furan rings is 2. The number of benzene rings is 1. The van der Waals surface area contributed by atoms with E-state index in [2.05, 4.69) is 15.5 Å². The molecular formula is C18H15N3O3. The molecule has 6 heteroatoms. The van der Waals surface area contributed by atoms with Gasteiger partial charge in [0.1, 0.15) is 5.76 Å². The smallest absolute Gasteiger partial charge is 0.283 e. The van der Waals surface area contributed by atoms with Crippen LogP contribution in [-0.4, -0.2) is 10.2 Å². The van der Waals surface area contributed by atoms with E-state index in [1.54, 1.807) is 24.7 Å². The van der Waals surface area contributed by atoms with Gasteiger partial charge in [-0.15, -0.1) is 10.2 Å². The zero-order valence-corrected chi connectivity index (χ0v) is 12.8. The van der Waals surface area contributed by atoms with Crippen molar-refractivity contribution in [3.63, 3.8) is 0 Å². The molecule has 0 bridgehead atoms. The lowest BCUT2D eigenvalue weighted by molar-refractivity contribution is 0.413. The first kappa shape index (κ1) is 14.5. The monoisotopic (exact) mass is 321 g/mol. The van der Waals surface area contributed by atoms with Crippen LogP contribution in [0.2, 0.25) is 0 Å². The average molecular weight is 321 g/mol. The first-order valence-corrected chi connectivity index (χ1v) is 7.58. The highest BCUT2D eigenvalue weighted by Gasteiger charge is 2.18. The Labute approximate surface area is 138 Å². The van der Waals surface area contributed by atoms with Crippen LogP contribution in [0.5, 0.6) is 0 Å². The Balaban J connectivity index is 1.52. The largest absolute Gasteiger partial charge is 0.467 e. The number of aromatic nitrogens is 2. The Hall–Kier alpha value is -3.12. The predicted octanol–water partition coefficient (Wildman–Crippen LogP) is 3.80. The van der Waals surface area contributed by atoms with E-state index in [-0.39, 0.29) is 6.04 Å². The van der Waals surface area contributed by atoms with Crippen molar-refractivity contribution in [3.05, 3.63) is 84.3 Å². The molecule has 1 atom stereocenters. The standard InChI is InChI=1S/C18H15N3O3/c1-2-6-13(7-3-1)17(14-8-4-10-22-14)19-12-16-20-21-18(24-16)15-9-5-11-23-15/h1-11,17,19H,12H2/t17-/m1/s1. The predicted molar refractivity (Wildman–Crippen MR) is 85.8 cm³/mol. The van der Waals surface area contributed by atoms with Gasteiger partial charge in [0.2, 0.25) is 5.89 Å². The van der Waals surface area contributed by atoms with Crippen LogP contribution in [0.3, 0.4) is 0 Å². The van der Waals surface area contributed by atoms with Crippen molar-refractivity contribution in [2.24, 2.45) is 0 Å². The maximum atomic E-state index is 5.62. The van der Waals surface area contributed by atoms with Crippen molar-refractivity contribution >= 4 is 0 Å². The lowest BCUT2D eigenvalue weighted by atomic mass is 10.0. The molecule has 4 rings (SSSR count). The fraction of sp³-hybridized carbons (Fsp3) is 0.111. The van der Waals surface area contributed by atoms with Crippen molar-refractivity contribution in [2.75, 3.05) is 0 Å². The summed E-state index contributed by atoms with van der Waals surface area (Å²) in [5.74, 6) is 2.23. The van der Waals surface area contributed by atoms with Crippen LogP contribution >= 0.6 is 0 Å². The molecule has 6 nitrogen and oxygen atoms in total. The third kappa shape index (κ3) is 3.00. The molecule has 1 aromatic carbocycles. The lowest BCUT2D eigenvalue weighted by Gasteiger charge is -2.15. The van der Waals surface area contributed by atoms with Gasteiger partial charge in [-0.25, -0.2) is 0 Å². The minimum absolute atomic E-state index is 0.0971. The van der Waals surface area contributed by atoms with Crippen LogP contribution in [0.15, 0.2) is 80.4 Å². The molecule has 0 fully saturated rings. The first-order valence-electron chi connectivity index (χ1n) is 7.58. The highest BCUT2D eigenvalue weighted by Crippen LogP contribution is 2.23. The lowest BCUT2D eigenvalue weighted by Crippen LogP contribution is -2.21. The molecule has 3 heterocycles. The Morgan fingerprint density at radius 2 is 1.71 bits per heavy atom. The van der Waals surface area contributed by atoms with Gasteiger partial charge in [-0.05, 0) is 29.8 Å². The van der Waals surface area contributed by atoms with Crippen molar-refractivity contribution in [2.45, 2.75) is 12.6 Å². The summed E-state index contributed by atoms with van der Waals surface area (Å²) in [6, 6.07) is 17.3. The van der Waals surface area contributed by atoms with Gasteiger partial charge in [0.05, 0.1) is 25.1 Å². The number of hydrogen-bond acceptors (Lipinski definition) is 6. The highest BCUT2D eigenvalue weighted by molar-refractivity contribution is 5.42. The van der Waals surface area contributed by atoms with Gasteiger partial charge in [0.15, 0.2) is 5.76 Å². The van der Waals surface area contributed by atoms with E-state index in [4.69, 9.17) is 13.3 Å². The number of nitrogens with one attached hydrogen (secondary N) is 1. The van der Waals surface area contributed by atoms with Gasteiger partial charge < -0.3 is 13.3 Å². The molecule has 0 saturated heterocycles. The van der Waals surface area contributed by atoms with Crippen molar-refractivity contribution < 1.29 is 13.3 Å².